The van der Waals surface area contributed by atoms with Crippen LogP contribution in [0.4, 0.5) is 0 Å². The van der Waals surface area contributed by atoms with E-state index < -0.39 is 5.97 Å². The molecule has 0 aromatic carbocycles. The van der Waals surface area contributed by atoms with E-state index >= 15 is 0 Å². The van der Waals surface area contributed by atoms with Gasteiger partial charge in [0.15, 0.2) is 0 Å². The van der Waals surface area contributed by atoms with Gasteiger partial charge in [-0.15, -0.1) is 11.3 Å². The first-order chi connectivity index (χ1) is 10.4. The lowest BCUT2D eigenvalue weighted by Crippen LogP contribution is -2.38. The molecule has 6 nitrogen and oxygen atoms in total. The number of carbonyl (C=O) groups excluding carboxylic acids is 2. The molecule has 1 fully saturated rings. The van der Waals surface area contributed by atoms with Crippen molar-refractivity contribution in [3.05, 3.63) is 21.9 Å². The number of hydrogen-bond donors (Lipinski definition) is 1. The molecule has 22 heavy (non-hydrogen) atoms. The molecule has 120 valence electrons. The van der Waals surface area contributed by atoms with E-state index in [4.69, 9.17) is 5.11 Å². The molecule has 2 rings (SSSR count). The minimum atomic E-state index is -1.02. The van der Waals surface area contributed by atoms with Gasteiger partial charge in [0.05, 0.1) is 4.88 Å². The van der Waals surface area contributed by atoms with Gasteiger partial charge in [0.1, 0.15) is 4.88 Å². The van der Waals surface area contributed by atoms with Crippen molar-refractivity contribution in [3.8, 4) is 0 Å². The number of aromatic carboxylic acids is 1. The highest BCUT2D eigenvalue weighted by molar-refractivity contribution is 7.15. The second-order valence-corrected chi connectivity index (χ2v) is 6.68. The summed E-state index contributed by atoms with van der Waals surface area (Å²) < 4.78 is 0. The predicted octanol–water partition coefficient (Wildman–Crippen LogP) is 1.78. The van der Waals surface area contributed by atoms with Gasteiger partial charge >= 0.3 is 5.97 Å². The Kier molecular flexibility index (Phi) is 5.18. The second-order valence-electron chi connectivity index (χ2n) is 5.59. The number of nitrogens with zero attached hydrogens (tertiary/aromatic N) is 2. The Morgan fingerprint density at radius 2 is 1.64 bits per heavy atom. The molecule has 0 spiro atoms. The van der Waals surface area contributed by atoms with Crippen LogP contribution in [0.2, 0.25) is 0 Å². The lowest BCUT2D eigenvalue weighted by molar-refractivity contribution is -0.134. The average Bonchev–Trinajstić information content (AvgIpc) is 2.84. The fraction of sp³-hybridized carbons (Fsp3) is 0.533. The molecule has 1 aliphatic rings. The summed E-state index contributed by atoms with van der Waals surface area (Å²) >= 11 is 0.990. The molecule has 0 atom stereocenters. The summed E-state index contributed by atoms with van der Waals surface area (Å²) in [6, 6.07) is 3.00. The van der Waals surface area contributed by atoms with Crippen molar-refractivity contribution in [2.45, 2.75) is 20.3 Å². The summed E-state index contributed by atoms with van der Waals surface area (Å²) in [5.74, 6) is -1.11. The van der Waals surface area contributed by atoms with Gasteiger partial charge in [0.25, 0.3) is 5.91 Å². The zero-order valence-electron chi connectivity index (χ0n) is 12.7. The lowest BCUT2D eigenvalue weighted by Gasteiger charge is -2.23. The fourth-order valence-electron chi connectivity index (χ4n) is 2.43. The molecule has 0 unspecified atom stereocenters. The van der Waals surface area contributed by atoms with Crippen LogP contribution >= 0.6 is 11.3 Å². The van der Waals surface area contributed by atoms with E-state index in [0.717, 1.165) is 17.8 Å². The maximum atomic E-state index is 12.4. The third kappa shape index (κ3) is 3.65. The summed E-state index contributed by atoms with van der Waals surface area (Å²) in [7, 11) is 0. The maximum absolute atomic E-state index is 12.4. The van der Waals surface area contributed by atoms with Gasteiger partial charge in [-0.2, -0.15) is 0 Å². The van der Waals surface area contributed by atoms with Crippen molar-refractivity contribution < 1.29 is 19.5 Å². The van der Waals surface area contributed by atoms with Crippen LogP contribution in [-0.2, 0) is 4.79 Å². The van der Waals surface area contributed by atoms with Crippen molar-refractivity contribution in [2.75, 3.05) is 26.2 Å². The SMILES string of the molecule is CC(C)C(=O)N1CCCN(C(=O)c2ccc(C(=O)O)s2)CC1. The first-order valence-corrected chi connectivity index (χ1v) is 8.13. The van der Waals surface area contributed by atoms with Crippen LogP contribution in [0.25, 0.3) is 0 Å². The van der Waals surface area contributed by atoms with Crippen LogP contribution < -0.4 is 0 Å². The number of hydrogen-bond acceptors (Lipinski definition) is 4. The first-order valence-electron chi connectivity index (χ1n) is 7.31. The molecule has 1 aromatic rings. The van der Waals surface area contributed by atoms with E-state index in [0.29, 0.717) is 31.1 Å². The van der Waals surface area contributed by atoms with Gasteiger partial charge < -0.3 is 14.9 Å². The normalized spacial score (nSPS) is 15.8. The van der Waals surface area contributed by atoms with Crippen molar-refractivity contribution >= 4 is 29.1 Å². The fourth-order valence-corrected chi connectivity index (χ4v) is 3.24. The summed E-state index contributed by atoms with van der Waals surface area (Å²) in [5.41, 5.74) is 0. The summed E-state index contributed by atoms with van der Waals surface area (Å²) in [6.07, 6.45) is 0.737. The molecule has 1 saturated heterocycles. The van der Waals surface area contributed by atoms with E-state index in [2.05, 4.69) is 0 Å². The summed E-state index contributed by atoms with van der Waals surface area (Å²) in [4.78, 5) is 39.5. The predicted molar refractivity (Wildman–Crippen MR) is 83.2 cm³/mol. The minimum absolute atomic E-state index is 0.0438. The van der Waals surface area contributed by atoms with E-state index in [1.807, 2.05) is 13.8 Å². The van der Waals surface area contributed by atoms with Gasteiger partial charge in [0, 0.05) is 32.1 Å². The summed E-state index contributed by atoms with van der Waals surface area (Å²) in [6.45, 7) is 5.99. The number of carbonyl (C=O) groups is 3. The Morgan fingerprint density at radius 3 is 2.23 bits per heavy atom. The van der Waals surface area contributed by atoms with Gasteiger partial charge in [-0.1, -0.05) is 13.8 Å². The largest absolute Gasteiger partial charge is 0.477 e. The van der Waals surface area contributed by atoms with E-state index in [9.17, 15) is 14.4 Å². The highest BCUT2D eigenvalue weighted by Crippen LogP contribution is 2.19. The molecule has 2 heterocycles. The second kappa shape index (κ2) is 6.91. The highest BCUT2D eigenvalue weighted by atomic mass is 32.1. The number of rotatable bonds is 3. The van der Waals surface area contributed by atoms with Crippen LogP contribution in [0.3, 0.4) is 0 Å². The molecule has 0 bridgehead atoms. The van der Waals surface area contributed by atoms with Gasteiger partial charge in [0.2, 0.25) is 5.91 Å². The third-order valence-corrected chi connectivity index (χ3v) is 4.68. The standard InChI is InChI=1S/C15H20N2O4S/c1-10(2)13(18)16-6-3-7-17(9-8-16)14(19)11-4-5-12(22-11)15(20)21/h4-5,10H,3,6-9H2,1-2H3,(H,20,21). The molecule has 0 saturated carbocycles. The molecule has 2 amide bonds. The van der Waals surface area contributed by atoms with Gasteiger partial charge in [-0.3, -0.25) is 9.59 Å². The first kappa shape index (κ1) is 16.5. The van der Waals surface area contributed by atoms with E-state index in [1.165, 1.54) is 6.07 Å². The van der Waals surface area contributed by atoms with Gasteiger partial charge in [-0.25, -0.2) is 4.79 Å². The Labute approximate surface area is 133 Å². The van der Waals surface area contributed by atoms with Crippen molar-refractivity contribution in [1.29, 1.82) is 0 Å². The van der Waals surface area contributed by atoms with E-state index in [1.54, 1.807) is 15.9 Å². The zero-order valence-corrected chi connectivity index (χ0v) is 13.6. The van der Waals surface area contributed by atoms with Crippen LogP contribution in [0.5, 0.6) is 0 Å². The van der Waals surface area contributed by atoms with Crippen molar-refractivity contribution in [2.24, 2.45) is 5.92 Å². The molecule has 1 aromatic heterocycles. The number of carboxylic acid groups (broad SMARTS) is 1. The minimum Gasteiger partial charge on any atom is -0.477 e. The topological polar surface area (TPSA) is 77.9 Å². The van der Waals surface area contributed by atoms with E-state index in [-0.39, 0.29) is 22.6 Å². The number of amides is 2. The molecule has 0 radical (unpaired) electrons. The molecular weight excluding hydrogens is 304 g/mol. The smallest absolute Gasteiger partial charge is 0.345 e. The maximum Gasteiger partial charge on any atom is 0.345 e. The molecule has 0 aliphatic carbocycles. The Hall–Kier alpha value is -1.89. The molecule has 7 heteroatoms. The lowest BCUT2D eigenvalue weighted by atomic mass is 10.2. The summed E-state index contributed by atoms with van der Waals surface area (Å²) in [5, 5.41) is 8.92. The number of carboxylic acids is 1. The highest BCUT2D eigenvalue weighted by Gasteiger charge is 2.25. The van der Waals surface area contributed by atoms with Crippen molar-refractivity contribution in [3.63, 3.8) is 0 Å². The molecule has 1 aliphatic heterocycles. The van der Waals surface area contributed by atoms with Gasteiger partial charge in [-0.05, 0) is 18.6 Å². The quantitative estimate of drug-likeness (QED) is 0.919. The van der Waals surface area contributed by atoms with Crippen molar-refractivity contribution in [1.82, 2.24) is 9.80 Å². The van der Waals surface area contributed by atoms with Crippen LogP contribution in [-0.4, -0.2) is 58.9 Å². The monoisotopic (exact) mass is 324 g/mol. The molecule has 1 N–H and O–H groups in total. The average molecular weight is 324 g/mol. The van der Waals surface area contributed by atoms with Crippen LogP contribution in [0.1, 0.15) is 39.6 Å². The Bertz CT molecular complexity index is 582. The Morgan fingerprint density at radius 1 is 1.05 bits per heavy atom. The third-order valence-electron chi connectivity index (χ3n) is 3.62. The Balaban J connectivity index is 2.02. The van der Waals surface area contributed by atoms with Crippen LogP contribution in [0, 0.1) is 5.92 Å². The zero-order chi connectivity index (χ0) is 16.3. The number of thiophene rings is 1. The molecular formula is C15H20N2O4S. The van der Waals surface area contributed by atoms with Crippen LogP contribution in [0.15, 0.2) is 12.1 Å².